The lowest BCUT2D eigenvalue weighted by Crippen LogP contribution is -2.57. The fraction of sp³-hybridized carbons (Fsp3) is 0.966. The van der Waals surface area contributed by atoms with Gasteiger partial charge >= 0.3 is 0 Å². The highest BCUT2D eigenvalue weighted by Gasteiger charge is 2.64. The molecule has 5 fully saturated rings. The van der Waals surface area contributed by atoms with Crippen LogP contribution in [0.3, 0.4) is 0 Å². The Morgan fingerprint density at radius 3 is 2.34 bits per heavy atom. The van der Waals surface area contributed by atoms with Crippen LogP contribution in [0.25, 0.3) is 0 Å². The molecule has 32 heavy (non-hydrogen) atoms. The summed E-state index contributed by atoms with van der Waals surface area (Å²) >= 11 is 4.03. The Morgan fingerprint density at radius 1 is 0.906 bits per heavy atom. The first-order valence-corrected chi connectivity index (χ1v) is 16.0. The molecule has 8 unspecified atom stereocenters. The molecular weight excluding hydrogens is 428 g/mol. The second kappa shape index (κ2) is 8.79. The third-order valence-corrected chi connectivity index (χ3v) is 14.9. The van der Waals surface area contributed by atoms with Gasteiger partial charge in [0.1, 0.15) is 4.08 Å². The predicted molar refractivity (Wildman–Crippen MR) is 141 cm³/mol. The van der Waals surface area contributed by atoms with Crippen molar-refractivity contribution in [1.29, 1.82) is 0 Å². The van der Waals surface area contributed by atoms with Gasteiger partial charge in [0.15, 0.2) is 5.78 Å². The van der Waals surface area contributed by atoms with E-state index in [1.54, 1.807) is 0 Å². The topological polar surface area (TPSA) is 17.1 Å². The van der Waals surface area contributed by atoms with E-state index in [1.807, 2.05) is 23.5 Å². The van der Waals surface area contributed by atoms with Crippen molar-refractivity contribution in [3.63, 3.8) is 0 Å². The highest BCUT2D eigenvalue weighted by molar-refractivity contribution is 8.22. The molecule has 0 aromatic carbocycles. The van der Waals surface area contributed by atoms with E-state index in [9.17, 15) is 4.79 Å². The van der Waals surface area contributed by atoms with E-state index in [0.717, 1.165) is 41.9 Å². The molecule has 4 saturated carbocycles. The smallest absolute Gasteiger partial charge is 0.159 e. The molecule has 5 aliphatic rings. The fourth-order valence-electron chi connectivity index (χ4n) is 9.87. The summed E-state index contributed by atoms with van der Waals surface area (Å²) in [5, 5.41) is 0. The van der Waals surface area contributed by atoms with Gasteiger partial charge in [-0.15, -0.1) is 23.5 Å². The Bertz CT molecular complexity index is 712. The molecule has 8 atom stereocenters. The van der Waals surface area contributed by atoms with Gasteiger partial charge in [-0.05, 0) is 97.2 Å². The summed E-state index contributed by atoms with van der Waals surface area (Å²) in [6, 6.07) is 0. The standard InChI is InChI=1S/C29H48OS2/c1-19(2)7-6-8-20(3)23-11-12-24-22-10-9-21-17-26(30)29(31-15-16-32-29)18-28(21,5)25(22)13-14-27(23,24)4/h19-25H,6-18H2,1-5H3. The molecular formula is C29H48OS2. The largest absolute Gasteiger partial charge is 0.297 e. The molecule has 182 valence electrons. The van der Waals surface area contributed by atoms with Crippen molar-refractivity contribution in [3.05, 3.63) is 0 Å². The zero-order valence-electron chi connectivity index (χ0n) is 21.5. The maximum absolute atomic E-state index is 13.2. The van der Waals surface area contributed by atoms with Gasteiger partial charge in [-0.3, -0.25) is 4.79 Å². The van der Waals surface area contributed by atoms with Gasteiger partial charge in [0.2, 0.25) is 0 Å². The molecule has 0 bridgehead atoms. The zero-order valence-corrected chi connectivity index (χ0v) is 23.1. The molecule has 0 N–H and O–H groups in total. The normalized spacial score (nSPS) is 46.2. The summed E-state index contributed by atoms with van der Waals surface area (Å²) in [5.74, 6) is 9.09. The van der Waals surface area contributed by atoms with Gasteiger partial charge in [-0.1, -0.05) is 53.9 Å². The summed E-state index contributed by atoms with van der Waals surface area (Å²) in [7, 11) is 0. The van der Waals surface area contributed by atoms with E-state index in [2.05, 4.69) is 34.6 Å². The van der Waals surface area contributed by atoms with Crippen molar-refractivity contribution in [2.45, 2.75) is 109 Å². The van der Waals surface area contributed by atoms with Crippen LogP contribution in [-0.2, 0) is 4.79 Å². The van der Waals surface area contributed by atoms with E-state index in [1.165, 1.54) is 75.7 Å². The molecule has 3 heteroatoms. The molecule has 1 nitrogen and oxygen atoms in total. The third kappa shape index (κ3) is 3.77. The van der Waals surface area contributed by atoms with Crippen molar-refractivity contribution < 1.29 is 4.79 Å². The fourth-order valence-corrected chi connectivity index (χ4v) is 13.3. The van der Waals surface area contributed by atoms with Gasteiger partial charge in [0, 0.05) is 17.9 Å². The van der Waals surface area contributed by atoms with Crippen LogP contribution in [0.4, 0.5) is 0 Å². The highest BCUT2D eigenvalue weighted by Crippen LogP contribution is 2.70. The number of ketones is 1. The number of carbonyl (C=O) groups is 1. The summed E-state index contributed by atoms with van der Waals surface area (Å²) in [5.41, 5.74) is 0.990. The van der Waals surface area contributed by atoms with Crippen molar-refractivity contribution in [2.24, 2.45) is 52.3 Å². The second-order valence-electron chi connectivity index (χ2n) is 13.4. The van der Waals surface area contributed by atoms with E-state index < -0.39 is 0 Å². The highest BCUT2D eigenvalue weighted by atomic mass is 32.2. The maximum atomic E-state index is 13.2. The number of hydrogen-bond donors (Lipinski definition) is 0. The van der Waals surface area contributed by atoms with Gasteiger partial charge in [-0.25, -0.2) is 0 Å². The Hall–Kier alpha value is 0.370. The number of rotatable bonds is 5. The molecule has 4 aliphatic carbocycles. The quantitative estimate of drug-likeness (QED) is 0.396. The average Bonchev–Trinajstić information content (AvgIpc) is 3.33. The maximum Gasteiger partial charge on any atom is 0.159 e. The monoisotopic (exact) mass is 476 g/mol. The lowest BCUT2D eigenvalue weighted by Gasteiger charge is -2.62. The summed E-state index contributed by atoms with van der Waals surface area (Å²) in [4.78, 5) is 13.2. The molecule has 1 heterocycles. The number of carbonyl (C=O) groups excluding carboxylic acids is 1. The van der Waals surface area contributed by atoms with E-state index >= 15 is 0 Å². The van der Waals surface area contributed by atoms with E-state index in [0.29, 0.717) is 22.5 Å². The van der Waals surface area contributed by atoms with Gasteiger partial charge in [0.25, 0.3) is 0 Å². The van der Waals surface area contributed by atoms with Crippen LogP contribution in [0.5, 0.6) is 0 Å². The number of fused-ring (bicyclic) bond motifs is 5. The second-order valence-corrected chi connectivity index (χ2v) is 16.5. The van der Waals surface area contributed by atoms with Crippen molar-refractivity contribution in [3.8, 4) is 0 Å². The summed E-state index contributed by atoms with van der Waals surface area (Å²) in [6.45, 7) is 12.7. The molecule has 0 aromatic heterocycles. The van der Waals surface area contributed by atoms with E-state index in [-0.39, 0.29) is 4.08 Å². The van der Waals surface area contributed by atoms with Crippen LogP contribution < -0.4 is 0 Å². The third-order valence-electron chi connectivity index (χ3n) is 11.5. The minimum Gasteiger partial charge on any atom is -0.297 e. The van der Waals surface area contributed by atoms with Crippen LogP contribution in [0.15, 0.2) is 0 Å². The SMILES string of the molecule is CC(C)CCCC(C)C1CCC2C3CCC4CC(=O)C5(CC4(C)C3CCC12C)SCCS5. The first kappa shape index (κ1) is 24.1. The van der Waals surface area contributed by atoms with Gasteiger partial charge in [0.05, 0.1) is 0 Å². The van der Waals surface area contributed by atoms with Gasteiger partial charge in [-0.2, -0.15) is 0 Å². The molecule has 1 spiro atoms. The first-order valence-electron chi connectivity index (χ1n) is 14.0. The average molecular weight is 477 g/mol. The molecule has 0 amide bonds. The van der Waals surface area contributed by atoms with Crippen LogP contribution in [-0.4, -0.2) is 21.4 Å². The van der Waals surface area contributed by atoms with Crippen molar-refractivity contribution in [1.82, 2.24) is 0 Å². The molecule has 1 aliphatic heterocycles. The summed E-state index contributed by atoms with van der Waals surface area (Å²) in [6.07, 6.45) is 15.0. The minimum atomic E-state index is -0.0724. The summed E-state index contributed by atoms with van der Waals surface area (Å²) < 4.78 is -0.0724. The van der Waals surface area contributed by atoms with Crippen molar-refractivity contribution in [2.75, 3.05) is 11.5 Å². The lowest BCUT2D eigenvalue weighted by molar-refractivity contribution is -0.140. The Balaban J connectivity index is 1.33. The Kier molecular flexibility index (Phi) is 6.62. The number of Topliss-reactive ketones (excluding diaryl/α,β-unsaturated/α-hetero) is 1. The molecule has 5 rings (SSSR count). The van der Waals surface area contributed by atoms with Crippen LogP contribution in [0.2, 0.25) is 0 Å². The lowest BCUT2D eigenvalue weighted by atomic mass is 9.44. The van der Waals surface area contributed by atoms with Crippen LogP contribution in [0.1, 0.15) is 105 Å². The minimum absolute atomic E-state index is 0.0724. The molecule has 0 radical (unpaired) electrons. The number of hydrogen-bond acceptors (Lipinski definition) is 3. The van der Waals surface area contributed by atoms with Crippen molar-refractivity contribution >= 4 is 29.3 Å². The molecule has 0 aromatic rings. The Labute approximate surface area is 206 Å². The van der Waals surface area contributed by atoms with E-state index in [4.69, 9.17) is 0 Å². The first-order chi connectivity index (χ1) is 15.2. The van der Waals surface area contributed by atoms with Crippen LogP contribution >= 0.6 is 23.5 Å². The zero-order chi connectivity index (χ0) is 22.7. The van der Waals surface area contributed by atoms with Gasteiger partial charge < -0.3 is 0 Å². The Morgan fingerprint density at radius 2 is 1.62 bits per heavy atom. The number of thioether (sulfide) groups is 2. The molecule has 1 saturated heterocycles. The predicted octanol–water partition coefficient (Wildman–Crippen LogP) is 8.46. The van der Waals surface area contributed by atoms with Crippen LogP contribution in [0, 0.1) is 52.3 Å².